The molecule has 0 atom stereocenters. The Labute approximate surface area is 148 Å². The van der Waals surface area contributed by atoms with Crippen molar-refractivity contribution in [3.8, 4) is 5.75 Å². The third-order valence-electron chi connectivity index (χ3n) is 3.91. The van der Waals surface area contributed by atoms with E-state index in [0.717, 1.165) is 4.57 Å². The van der Waals surface area contributed by atoms with Crippen molar-refractivity contribution in [3.05, 3.63) is 63.3 Å². The van der Waals surface area contributed by atoms with Gasteiger partial charge in [-0.2, -0.15) is 10.1 Å². The second-order valence-electron chi connectivity index (χ2n) is 5.68. The van der Waals surface area contributed by atoms with Crippen molar-refractivity contribution in [1.82, 2.24) is 18.7 Å². The van der Waals surface area contributed by atoms with Crippen LogP contribution in [0.25, 0.3) is 11.2 Å². The van der Waals surface area contributed by atoms with E-state index in [9.17, 15) is 14.7 Å². The molecule has 26 heavy (non-hydrogen) atoms. The Balaban J connectivity index is 2.08. The van der Waals surface area contributed by atoms with Crippen molar-refractivity contribution in [2.24, 2.45) is 19.2 Å². The average Bonchev–Trinajstić information content (AvgIpc) is 2.97. The Morgan fingerprint density at radius 1 is 1.31 bits per heavy atom. The van der Waals surface area contributed by atoms with Crippen LogP contribution in [0.4, 0.5) is 5.95 Å². The topological polar surface area (TPSA) is 106 Å². The molecule has 0 spiro atoms. The molecule has 2 heterocycles. The molecule has 1 aromatic carbocycles. The van der Waals surface area contributed by atoms with Crippen LogP contribution in [-0.2, 0) is 20.6 Å². The fourth-order valence-corrected chi connectivity index (χ4v) is 2.61. The van der Waals surface area contributed by atoms with Gasteiger partial charge in [-0.15, -0.1) is 6.58 Å². The summed E-state index contributed by atoms with van der Waals surface area (Å²) in [7, 11) is 2.97. The number of hydrogen-bond donors (Lipinski definition) is 2. The molecular weight excluding hydrogens is 336 g/mol. The number of aromatic hydroxyl groups is 1. The molecule has 0 aliphatic heterocycles. The largest absolute Gasteiger partial charge is 0.508 e. The minimum atomic E-state index is -0.458. The van der Waals surface area contributed by atoms with Crippen molar-refractivity contribution in [2.75, 3.05) is 5.43 Å². The van der Waals surface area contributed by atoms with Crippen LogP contribution >= 0.6 is 0 Å². The van der Waals surface area contributed by atoms with Crippen molar-refractivity contribution < 1.29 is 5.11 Å². The summed E-state index contributed by atoms with van der Waals surface area (Å²) in [6, 6.07) is 6.59. The number of nitrogens with one attached hydrogen (secondary N) is 1. The molecule has 0 saturated heterocycles. The van der Waals surface area contributed by atoms with E-state index in [0.29, 0.717) is 18.1 Å². The minimum Gasteiger partial charge on any atom is -0.508 e. The van der Waals surface area contributed by atoms with Crippen LogP contribution in [0.1, 0.15) is 5.56 Å². The van der Waals surface area contributed by atoms with Crippen molar-refractivity contribution in [1.29, 1.82) is 0 Å². The number of phenolic OH excluding ortho intramolecular Hbond substituents is 1. The van der Waals surface area contributed by atoms with Crippen LogP contribution in [-0.4, -0.2) is 30.0 Å². The number of aromatic nitrogens is 4. The van der Waals surface area contributed by atoms with Crippen LogP contribution in [0.15, 0.2) is 51.6 Å². The van der Waals surface area contributed by atoms with Gasteiger partial charge >= 0.3 is 5.69 Å². The molecule has 2 aromatic heterocycles. The lowest BCUT2D eigenvalue weighted by atomic mass is 10.2. The molecule has 0 unspecified atom stereocenters. The standard InChI is InChI=1S/C17H18N6O3/c1-4-8-23-13-14(21(2)17(26)22(3)15(13)25)19-16(23)20-18-10-11-6-5-7-12(24)9-11/h4-7,9-10,24H,1,8H2,2-3H3,(H,19,20). The van der Waals surface area contributed by atoms with Gasteiger partial charge in [-0.3, -0.25) is 18.5 Å². The first-order valence-corrected chi connectivity index (χ1v) is 7.79. The lowest BCUT2D eigenvalue weighted by molar-refractivity contribution is 0.475. The van der Waals surface area contributed by atoms with Gasteiger partial charge in [0.2, 0.25) is 5.95 Å². The summed E-state index contributed by atoms with van der Waals surface area (Å²) in [4.78, 5) is 28.9. The maximum absolute atomic E-state index is 12.5. The smallest absolute Gasteiger partial charge is 0.332 e. The van der Waals surface area contributed by atoms with Crippen LogP contribution in [0.3, 0.4) is 0 Å². The predicted molar refractivity (Wildman–Crippen MR) is 99.7 cm³/mol. The minimum absolute atomic E-state index is 0.131. The molecule has 0 radical (unpaired) electrons. The summed E-state index contributed by atoms with van der Waals surface area (Å²) in [5, 5.41) is 13.6. The highest BCUT2D eigenvalue weighted by Gasteiger charge is 2.18. The molecule has 3 rings (SSSR count). The number of benzene rings is 1. The highest BCUT2D eigenvalue weighted by Crippen LogP contribution is 2.16. The summed E-state index contributed by atoms with van der Waals surface area (Å²) in [6.45, 7) is 4.01. The van der Waals surface area contributed by atoms with Gasteiger partial charge < -0.3 is 5.11 Å². The fraction of sp³-hybridized carbons (Fsp3) is 0.176. The molecular formula is C17H18N6O3. The highest BCUT2D eigenvalue weighted by molar-refractivity contribution is 5.81. The Hall–Kier alpha value is -3.62. The summed E-state index contributed by atoms with van der Waals surface area (Å²) in [6.07, 6.45) is 3.13. The Kier molecular flexibility index (Phi) is 4.44. The van der Waals surface area contributed by atoms with E-state index in [1.807, 2.05) is 0 Å². The Morgan fingerprint density at radius 3 is 2.77 bits per heavy atom. The fourth-order valence-electron chi connectivity index (χ4n) is 2.61. The first-order valence-electron chi connectivity index (χ1n) is 7.79. The van der Waals surface area contributed by atoms with Gasteiger partial charge in [0.25, 0.3) is 5.56 Å². The molecule has 0 aliphatic carbocycles. The van der Waals surface area contributed by atoms with Crippen LogP contribution in [0.5, 0.6) is 5.75 Å². The summed E-state index contributed by atoms with van der Waals surface area (Å²) >= 11 is 0. The summed E-state index contributed by atoms with van der Waals surface area (Å²) < 4.78 is 3.94. The number of rotatable bonds is 5. The van der Waals surface area contributed by atoms with Gasteiger partial charge in [-0.1, -0.05) is 18.2 Å². The highest BCUT2D eigenvalue weighted by atomic mass is 16.3. The quantitative estimate of drug-likeness (QED) is 0.400. The van der Waals surface area contributed by atoms with E-state index in [1.165, 1.54) is 17.8 Å². The lowest BCUT2D eigenvalue weighted by Crippen LogP contribution is -2.37. The third kappa shape index (κ3) is 2.90. The Morgan fingerprint density at radius 2 is 2.08 bits per heavy atom. The van der Waals surface area contributed by atoms with Crippen molar-refractivity contribution >= 4 is 23.3 Å². The molecule has 0 fully saturated rings. The third-order valence-corrected chi connectivity index (χ3v) is 3.91. The van der Waals surface area contributed by atoms with Crippen molar-refractivity contribution in [3.63, 3.8) is 0 Å². The Bertz CT molecular complexity index is 1140. The number of hydrazone groups is 1. The van der Waals surface area contributed by atoms with Gasteiger partial charge in [0.15, 0.2) is 11.2 Å². The normalized spacial score (nSPS) is 11.3. The van der Waals surface area contributed by atoms with E-state index in [4.69, 9.17) is 0 Å². The molecule has 2 N–H and O–H groups in total. The van der Waals surface area contributed by atoms with Crippen molar-refractivity contribution in [2.45, 2.75) is 6.54 Å². The van der Waals surface area contributed by atoms with Gasteiger partial charge in [0.05, 0.1) is 6.21 Å². The average molecular weight is 354 g/mol. The number of phenols is 1. The maximum atomic E-state index is 12.5. The number of nitrogens with zero attached hydrogens (tertiary/aromatic N) is 5. The second-order valence-corrected chi connectivity index (χ2v) is 5.68. The van der Waals surface area contributed by atoms with E-state index >= 15 is 0 Å². The van der Waals surface area contributed by atoms with Gasteiger partial charge in [-0.05, 0) is 17.7 Å². The molecule has 9 nitrogen and oxygen atoms in total. The van der Waals surface area contributed by atoms with E-state index in [2.05, 4.69) is 22.1 Å². The molecule has 0 saturated carbocycles. The van der Waals surface area contributed by atoms with E-state index in [1.54, 1.807) is 42.0 Å². The lowest BCUT2D eigenvalue weighted by Gasteiger charge is -2.06. The number of fused-ring (bicyclic) bond motifs is 1. The van der Waals surface area contributed by atoms with E-state index < -0.39 is 11.2 Å². The summed E-state index contributed by atoms with van der Waals surface area (Å²) in [5.74, 6) is 0.431. The predicted octanol–water partition coefficient (Wildman–Crippen LogP) is 0.771. The molecule has 0 aliphatic rings. The zero-order valence-corrected chi connectivity index (χ0v) is 14.4. The second kappa shape index (κ2) is 6.71. The van der Waals surface area contributed by atoms with Crippen LogP contribution < -0.4 is 16.7 Å². The van der Waals surface area contributed by atoms with Crippen LogP contribution in [0, 0.1) is 0 Å². The maximum Gasteiger partial charge on any atom is 0.332 e. The molecule has 0 bridgehead atoms. The number of hydrogen-bond acceptors (Lipinski definition) is 6. The van der Waals surface area contributed by atoms with Gasteiger partial charge in [0, 0.05) is 20.6 Å². The zero-order chi connectivity index (χ0) is 18.8. The summed E-state index contributed by atoms with van der Waals surface area (Å²) in [5.41, 5.74) is 3.11. The van der Waals surface area contributed by atoms with Gasteiger partial charge in [0.1, 0.15) is 5.75 Å². The number of allylic oxidation sites excluding steroid dienone is 1. The van der Waals surface area contributed by atoms with Gasteiger partial charge in [-0.25, -0.2) is 10.2 Å². The number of aryl methyl sites for hydroxylation is 1. The molecule has 3 aromatic rings. The zero-order valence-electron chi connectivity index (χ0n) is 14.4. The number of anilines is 1. The molecule has 0 amide bonds. The number of imidazole rings is 1. The molecule has 134 valence electrons. The first-order chi connectivity index (χ1) is 12.4. The van der Waals surface area contributed by atoms with Crippen LogP contribution in [0.2, 0.25) is 0 Å². The first kappa shape index (κ1) is 17.2. The molecule has 9 heteroatoms. The SMILES string of the molecule is C=CCn1c(NN=Cc2cccc(O)c2)nc2c1c(=O)n(C)c(=O)n2C. The monoisotopic (exact) mass is 354 g/mol. The van der Waals surface area contributed by atoms with E-state index in [-0.39, 0.29) is 16.9 Å².